The summed E-state index contributed by atoms with van der Waals surface area (Å²) in [6, 6.07) is 18.3. The van der Waals surface area contributed by atoms with E-state index in [2.05, 4.69) is 17.1 Å². The van der Waals surface area contributed by atoms with Crippen LogP contribution in [0.5, 0.6) is 0 Å². The molecule has 106 valence electrons. The molecule has 3 heteroatoms. The zero-order valence-electron chi connectivity index (χ0n) is 12.0. The summed E-state index contributed by atoms with van der Waals surface area (Å²) in [5, 5.41) is 10.3. The zero-order chi connectivity index (χ0) is 14.7. The smallest absolute Gasteiger partial charge is 0.111 e. The lowest BCUT2D eigenvalue weighted by Gasteiger charge is -2.12. The minimum absolute atomic E-state index is 0.522. The third-order valence-electron chi connectivity index (χ3n) is 3.70. The van der Waals surface area contributed by atoms with Crippen molar-refractivity contribution in [3.8, 4) is 11.1 Å². The molecule has 1 aromatic heterocycles. The average Bonchev–Trinajstić information content (AvgIpc) is 2.93. The number of aliphatic hydroxyl groups excluding tert-OH is 1. The SMILES string of the molecule is Cn1ccnc1CC(O)c1ccc(-c2ccccc2)cc1. The second kappa shape index (κ2) is 5.94. The molecule has 3 rings (SSSR count). The van der Waals surface area contributed by atoms with Gasteiger partial charge in [0.15, 0.2) is 0 Å². The van der Waals surface area contributed by atoms with Gasteiger partial charge in [-0.05, 0) is 16.7 Å². The van der Waals surface area contributed by atoms with Crippen LogP contribution < -0.4 is 0 Å². The summed E-state index contributed by atoms with van der Waals surface area (Å²) in [7, 11) is 1.94. The molecule has 1 heterocycles. The van der Waals surface area contributed by atoms with Gasteiger partial charge in [-0.1, -0.05) is 54.6 Å². The molecule has 1 N–H and O–H groups in total. The fourth-order valence-electron chi connectivity index (χ4n) is 2.41. The van der Waals surface area contributed by atoms with E-state index in [1.807, 2.05) is 60.3 Å². The summed E-state index contributed by atoms with van der Waals surface area (Å²) in [6.45, 7) is 0. The molecule has 3 nitrogen and oxygen atoms in total. The average molecular weight is 278 g/mol. The van der Waals surface area contributed by atoms with Crippen molar-refractivity contribution in [1.29, 1.82) is 0 Å². The molecule has 3 aromatic rings. The molecule has 0 saturated heterocycles. The Morgan fingerprint density at radius 3 is 2.29 bits per heavy atom. The summed E-state index contributed by atoms with van der Waals surface area (Å²) in [5.41, 5.74) is 3.25. The highest BCUT2D eigenvalue weighted by Crippen LogP contribution is 2.23. The van der Waals surface area contributed by atoms with Crippen LogP contribution in [0.25, 0.3) is 11.1 Å². The van der Waals surface area contributed by atoms with Gasteiger partial charge in [0.2, 0.25) is 0 Å². The summed E-state index contributed by atoms with van der Waals surface area (Å²) in [6.07, 6.45) is 3.63. The molecule has 21 heavy (non-hydrogen) atoms. The third kappa shape index (κ3) is 3.03. The van der Waals surface area contributed by atoms with E-state index in [9.17, 15) is 5.11 Å². The lowest BCUT2D eigenvalue weighted by atomic mass is 10.0. The maximum absolute atomic E-state index is 10.3. The van der Waals surface area contributed by atoms with E-state index in [0.717, 1.165) is 17.0 Å². The van der Waals surface area contributed by atoms with Crippen molar-refractivity contribution in [2.24, 2.45) is 7.05 Å². The number of aliphatic hydroxyl groups is 1. The van der Waals surface area contributed by atoms with Crippen molar-refractivity contribution in [3.63, 3.8) is 0 Å². The number of hydrogen-bond donors (Lipinski definition) is 1. The van der Waals surface area contributed by atoms with Crippen LogP contribution in [0.4, 0.5) is 0 Å². The predicted octanol–water partition coefficient (Wildman–Crippen LogP) is 3.36. The molecule has 0 spiro atoms. The van der Waals surface area contributed by atoms with E-state index in [4.69, 9.17) is 0 Å². The maximum Gasteiger partial charge on any atom is 0.111 e. The molecular weight excluding hydrogens is 260 g/mol. The first kappa shape index (κ1) is 13.6. The minimum atomic E-state index is -0.532. The van der Waals surface area contributed by atoms with Gasteiger partial charge < -0.3 is 9.67 Å². The molecule has 1 unspecified atom stereocenters. The molecule has 2 aromatic carbocycles. The maximum atomic E-state index is 10.3. The summed E-state index contributed by atoms with van der Waals surface area (Å²) in [4.78, 5) is 4.25. The number of aromatic nitrogens is 2. The van der Waals surface area contributed by atoms with Crippen molar-refractivity contribution in [2.75, 3.05) is 0 Å². The number of benzene rings is 2. The fourth-order valence-corrected chi connectivity index (χ4v) is 2.41. The van der Waals surface area contributed by atoms with Crippen molar-refractivity contribution in [2.45, 2.75) is 12.5 Å². The van der Waals surface area contributed by atoms with E-state index >= 15 is 0 Å². The Bertz CT molecular complexity index is 702. The highest BCUT2D eigenvalue weighted by Gasteiger charge is 2.11. The molecule has 0 aliphatic heterocycles. The third-order valence-corrected chi connectivity index (χ3v) is 3.70. The van der Waals surface area contributed by atoms with E-state index in [1.54, 1.807) is 6.20 Å². The topological polar surface area (TPSA) is 38.0 Å². The van der Waals surface area contributed by atoms with Crippen molar-refractivity contribution < 1.29 is 5.11 Å². The standard InChI is InChI=1S/C18H18N2O/c1-20-12-11-19-18(20)13-17(21)16-9-7-15(8-10-16)14-5-3-2-4-6-14/h2-12,17,21H,13H2,1H3. The van der Waals surface area contributed by atoms with Gasteiger partial charge in [0.25, 0.3) is 0 Å². The first-order chi connectivity index (χ1) is 10.2. The Morgan fingerprint density at radius 1 is 1.00 bits per heavy atom. The molecule has 0 aliphatic carbocycles. The monoisotopic (exact) mass is 278 g/mol. The molecule has 0 amide bonds. The Kier molecular flexibility index (Phi) is 3.84. The Hall–Kier alpha value is -2.39. The normalized spacial score (nSPS) is 12.3. The van der Waals surface area contributed by atoms with Crippen LogP contribution in [-0.4, -0.2) is 14.7 Å². The van der Waals surface area contributed by atoms with E-state index < -0.39 is 6.10 Å². The number of aryl methyl sites for hydroxylation is 1. The van der Waals surface area contributed by atoms with Gasteiger partial charge in [-0.25, -0.2) is 4.98 Å². The fraction of sp³-hybridized carbons (Fsp3) is 0.167. The van der Waals surface area contributed by atoms with Gasteiger partial charge in [0, 0.05) is 25.9 Å². The van der Waals surface area contributed by atoms with Crippen molar-refractivity contribution >= 4 is 0 Å². The quantitative estimate of drug-likeness (QED) is 0.794. The van der Waals surface area contributed by atoms with E-state index in [1.165, 1.54) is 5.56 Å². The van der Waals surface area contributed by atoms with Gasteiger partial charge in [-0.2, -0.15) is 0 Å². The van der Waals surface area contributed by atoms with Crippen LogP contribution in [0.2, 0.25) is 0 Å². The second-order valence-electron chi connectivity index (χ2n) is 5.16. The Morgan fingerprint density at radius 2 is 1.67 bits per heavy atom. The molecule has 0 bridgehead atoms. The first-order valence-corrected chi connectivity index (χ1v) is 7.03. The first-order valence-electron chi connectivity index (χ1n) is 7.03. The van der Waals surface area contributed by atoms with Gasteiger partial charge >= 0.3 is 0 Å². The molecular formula is C18H18N2O. The van der Waals surface area contributed by atoms with Crippen LogP contribution in [0.3, 0.4) is 0 Å². The minimum Gasteiger partial charge on any atom is -0.388 e. The highest BCUT2D eigenvalue weighted by molar-refractivity contribution is 5.63. The van der Waals surface area contributed by atoms with Gasteiger partial charge in [0.05, 0.1) is 6.10 Å². The lowest BCUT2D eigenvalue weighted by Crippen LogP contribution is -2.06. The van der Waals surface area contributed by atoms with E-state index in [0.29, 0.717) is 6.42 Å². The Balaban J connectivity index is 1.76. The number of rotatable bonds is 4. The molecule has 0 radical (unpaired) electrons. The van der Waals surface area contributed by atoms with Crippen molar-refractivity contribution in [1.82, 2.24) is 9.55 Å². The van der Waals surface area contributed by atoms with Crippen LogP contribution in [-0.2, 0) is 13.5 Å². The summed E-state index contributed by atoms with van der Waals surface area (Å²) in [5.74, 6) is 0.884. The van der Waals surface area contributed by atoms with Gasteiger partial charge in [0.1, 0.15) is 5.82 Å². The number of nitrogens with zero attached hydrogens (tertiary/aromatic N) is 2. The largest absolute Gasteiger partial charge is 0.388 e. The highest BCUT2D eigenvalue weighted by atomic mass is 16.3. The van der Waals surface area contributed by atoms with Crippen LogP contribution in [0.1, 0.15) is 17.5 Å². The number of imidazole rings is 1. The van der Waals surface area contributed by atoms with Crippen molar-refractivity contribution in [3.05, 3.63) is 78.4 Å². The molecule has 0 fully saturated rings. The molecule has 0 aliphatic rings. The number of hydrogen-bond acceptors (Lipinski definition) is 2. The lowest BCUT2D eigenvalue weighted by molar-refractivity contribution is 0.175. The van der Waals surface area contributed by atoms with Crippen LogP contribution in [0.15, 0.2) is 67.0 Å². The molecule has 0 saturated carbocycles. The van der Waals surface area contributed by atoms with Crippen LogP contribution >= 0.6 is 0 Å². The molecule has 1 atom stereocenters. The summed E-state index contributed by atoms with van der Waals surface area (Å²) >= 11 is 0. The Labute approximate surface area is 124 Å². The van der Waals surface area contributed by atoms with Gasteiger partial charge in [-0.15, -0.1) is 0 Å². The predicted molar refractivity (Wildman–Crippen MR) is 83.7 cm³/mol. The second-order valence-corrected chi connectivity index (χ2v) is 5.16. The summed E-state index contributed by atoms with van der Waals surface area (Å²) < 4.78 is 1.93. The van der Waals surface area contributed by atoms with Gasteiger partial charge in [-0.3, -0.25) is 0 Å². The van der Waals surface area contributed by atoms with Crippen LogP contribution in [0, 0.1) is 0 Å². The van der Waals surface area contributed by atoms with E-state index in [-0.39, 0.29) is 0 Å². The zero-order valence-corrected chi connectivity index (χ0v) is 12.0.